The van der Waals surface area contributed by atoms with Crippen LogP contribution < -0.4 is 29.8 Å². The Kier molecular flexibility index (Phi) is 10.3. The molecule has 11 heteroatoms. The number of likely N-dealkylation sites (tertiary alicyclic amines) is 1. The minimum Gasteiger partial charge on any atom is -0.493 e. The van der Waals surface area contributed by atoms with E-state index >= 15 is 0 Å². The van der Waals surface area contributed by atoms with Crippen LogP contribution in [0.5, 0.6) is 23.0 Å². The van der Waals surface area contributed by atoms with Gasteiger partial charge in [0.1, 0.15) is 0 Å². The maximum Gasteiger partial charge on any atom is 0.254 e. The highest BCUT2D eigenvalue weighted by Crippen LogP contribution is 2.27. The number of rotatable bonds is 11. The van der Waals surface area contributed by atoms with Gasteiger partial charge in [0.2, 0.25) is 5.91 Å². The van der Waals surface area contributed by atoms with Crippen LogP contribution in [0.15, 0.2) is 46.6 Å². The number of nitrogens with zero attached hydrogens (tertiary/aromatic N) is 3. The second-order valence-electron chi connectivity index (χ2n) is 8.31. The third-order valence-electron chi connectivity index (χ3n) is 5.93. The fraction of sp³-hybridized carbons (Fsp3) is 0.385. The van der Waals surface area contributed by atoms with Gasteiger partial charge in [-0.05, 0) is 73.5 Å². The minimum atomic E-state index is -0.223. The number of nitrogens with one attached hydrogen (secondary N) is 2. The number of hydrazone groups is 2. The quantitative estimate of drug-likeness (QED) is 0.350. The molecule has 1 aliphatic rings. The smallest absolute Gasteiger partial charge is 0.254 e. The summed E-state index contributed by atoms with van der Waals surface area (Å²) in [5.41, 5.74) is 6.68. The summed E-state index contributed by atoms with van der Waals surface area (Å²) in [6.45, 7) is 1.46. The highest BCUT2D eigenvalue weighted by molar-refractivity contribution is 5.85. The summed E-state index contributed by atoms with van der Waals surface area (Å²) < 4.78 is 21.0. The molecule has 0 radical (unpaired) electrons. The van der Waals surface area contributed by atoms with E-state index in [0.29, 0.717) is 48.9 Å². The molecule has 1 heterocycles. The first kappa shape index (κ1) is 27.5. The van der Waals surface area contributed by atoms with Crippen LogP contribution in [0.2, 0.25) is 0 Å². The number of ether oxygens (including phenoxy) is 4. The Hall–Kier alpha value is -4.12. The SMILES string of the molecule is COc1ccc(/C=N\NC(=O)CN2CCC(C(=O)N/N=C/c3ccc(OC)c(OC)c3)CC2)cc1OC. The molecule has 3 rings (SSSR count). The molecule has 0 spiro atoms. The lowest BCUT2D eigenvalue weighted by Gasteiger charge is -2.30. The first-order valence-electron chi connectivity index (χ1n) is 11.8. The third-order valence-corrected chi connectivity index (χ3v) is 5.93. The van der Waals surface area contributed by atoms with Crippen molar-refractivity contribution in [2.75, 3.05) is 48.1 Å². The van der Waals surface area contributed by atoms with Crippen LogP contribution in [0.25, 0.3) is 0 Å². The maximum atomic E-state index is 12.5. The van der Waals surface area contributed by atoms with Gasteiger partial charge in [-0.3, -0.25) is 14.5 Å². The second-order valence-corrected chi connectivity index (χ2v) is 8.31. The Morgan fingerprint density at radius 3 is 1.78 bits per heavy atom. The summed E-state index contributed by atoms with van der Waals surface area (Å²) in [7, 11) is 6.25. The molecule has 2 amide bonds. The molecule has 2 aromatic rings. The van der Waals surface area contributed by atoms with Crippen LogP contribution >= 0.6 is 0 Å². The summed E-state index contributed by atoms with van der Waals surface area (Å²) in [5, 5.41) is 8.08. The van der Waals surface area contributed by atoms with E-state index in [2.05, 4.69) is 21.1 Å². The van der Waals surface area contributed by atoms with Gasteiger partial charge in [-0.1, -0.05) is 0 Å². The van der Waals surface area contributed by atoms with Gasteiger partial charge in [0.25, 0.3) is 5.91 Å². The van der Waals surface area contributed by atoms with Gasteiger partial charge in [-0.15, -0.1) is 0 Å². The lowest BCUT2D eigenvalue weighted by molar-refractivity contribution is -0.126. The fourth-order valence-corrected chi connectivity index (χ4v) is 3.90. The van der Waals surface area contributed by atoms with E-state index in [-0.39, 0.29) is 24.3 Å². The van der Waals surface area contributed by atoms with Crippen LogP contribution in [0.3, 0.4) is 0 Å². The molecule has 0 bridgehead atoms. The lowest BCUT2D eigenvalue weighted by Crippen LogP contribution is -2.43. The maximum absolute atomic E-state index is 12.5. The number of carbonyl (C=O) groups is 2. The summed E-state index contributed by atoms with van der Waals surface area (Å²) in [4.78, 5) is 26.8. The topological polar surface area (TPSA) is 123 Å². The second kappa shape index (κ2) is 13.8. The van der Waals surface area contributed by atoms with Gasteiger partial charge in [0, 0.05) is 5.92 Å². The van der Waals surface area contributed by atoms with E-state index in [0.717, 1.165) is 11.1 Å². The van der Waals surface area contributed by atoms with Crippen molar-refractivity contribution in [1.29, 1.82) is 0 Å². The molecule has 0 unspecified atom stereocenters. The monoisotopic (exact) mass is 511 g/mol. The average Bonchev–Trinajstić information content (AvgIpc) is 2.93. The fourth-order valence-electron chi connectivity index (χ4n) is 3.90. The molecule has 2 N–H and O–H groups in total. The van der Waals surface area contributed by atoms with Crippen LogP contribution in [-0.4, -0.2) is 77.2 Å². The van der Waals surface area contributed by atoms with E-state index < -0.39 is 0 Å². The summed E-state index contributed by atoms with van der Waals surface area (Å²) in [6.07, 6.45) is 4.38. The number of hydrogen-bond donors (Lipinski definition) is 2. The summed E-state index contributed by atoms with van der Waals surface area (Å²) in [5.74, 6) is 1.88. The van der Waals surface area contributed by atoms with Crippen LogP contribution in [0.4, 0.5) is 0 Å². The normalized spacial score (nSPS) is 14.5. The molecule has 1 fully saturated rings. The molecule has 2 aromatic carbocycles. The van der Waals surface area contributed by atoms with Crippen LogP contribution in [0.1, 0.15) is 24.0 Å². The zero-order valence-electron chi connectivity index (χ0n) is 21.5. The van der Waals surface area contributed by atoms with Gasteiger partial charge >= 0.3 is 0 Å². The predicted molar refractivity (Wildman–Crippen MR) is 140 cm³/mol. The Labute approximate surface area is 216 Å². The molecule has 198 valence electrons. The first-order chi connectivity index (χ1) is 18.0. The van der Waals surface area contributed by atoms with E-state index in [1.807, 2.05) is 17.0 Å². The molecule has 37 heavy (non-hydrogen) atoms. The molecule has 0 aromatic heterocycles. The van der Waals surface area contributed by atoms with E-state index in [1.165, 1.54) is 0 Å². The number of carbonyl (C=O) groups excluding carboxylic acids is 2. The largest absolute Gasteiger partial charge is 0.493 e. The molecular formula is C26H33N5O6. The van der Waals surface area contributed by atoms with Gasteiger partial charge in [-0.2, -0.15) is 10.2 Å². The zero-order chi connectivity index (χ0) is 26.6. The number of methoxy groups -OCH3 is 4. The highest BCUT2D eigenvalue weighted by atomic mass is 16.5. The Morgan fingerprint density at radius 2 is 1.30 bits per heavy atom. The van der Waals surface area contributed by atoms with Crippen molar-refractivity contribution >= 4 is 24.2 Å². The summed E-state index contributed by atoms with van der Waals surface area (Å²) in [6, 6.07) is 10.7. The number of piperidine rings is 1. The van der Waals surface area contributed by atoms with Gasteiger partial charge < -0.3 is 18.9 Å². The highest BCUT2D eigenvalue weighted by Gasteiger charge is 2.25. The number of benzene rings is 2. The Morgan fingerprint density at radius 1 is 0.811 bits per heavy atom. The molecule has 0 saturated carbocycles. The molecule has 1 aliphatic heterocycles. The third kappa shape index (κ3) is 7.94. The van der Waals surface area contributed by atoms with Crippen molar-refractivity contribution in [2.45, 2.75) is 12.8 Å². The van der Waals surface area contributed by atoms with E-state index in [1.54, 1.807) is 65.1 Å². The number of amides is 2. The van der Waals surface area contributed by atoms with Crippen molar-refractivity contribution in [2.24, 2.45) is 16.1 Å². The number of hydrogen-bond acceptors (Lipinski definition) is 9. The lowest BCUT2D eigenvalue weighted by atomic mass is 9.96. The zero-order valence-corrected chi connectivity index (χ0v) is 21.5. The summed E-state index contributed by atoms with van der Waals surface area (Å²) >= 11 is 0. The van der Waals surface area contributed by atoms with Crippen molar-refractivity contribution in [3.05, 3.63) is 47.5 Å². The van der Waals surface area contributed by atoms with Crippen LogP contribution in [-0.2, 0) is 9.59 Å². The Balaban J connectivity index is 1.39. The van der Waals surface area contributed by atoms with Crippen molar-refractivity contribution < 1.29 is 28.5 Å². The van der Waals surface area contributed by atoms with Crippen molar-refractivity contribution in [3.8, 4) is 23.0 Å². The minimum absolute atomic E-state index is 0.139. The van der Waals surface area contributed by atoms with Crippen LogP contribution in [0, 0.1) is 5.92 Å². The predicted octanol–water partition coefficient (Wildman–Crippen LogP) is 2.03. The van der Waals surface area contributed by atoms with Gasteiger partial charge in [0.05, 0.1) is 47.4 Å². The molecular weight excluding hydrogens is 478 g/mol. The van der Waals surface area contributed by atoms with E-state index in [4.69, 9.17) is 18.9 Å². The van der Waals surface area contributed by atoms with Crippen molar-refractivity contribution in [3.63, 3.8) is 0 Å². The average molecular weight is 512 g/mol. The first-order valence-corrected chi connectivity index (χ1v) is 11.8. The van der Waals surface area contributed by atoms with E-state index in [9.17, 15) is 9.59 Å². The molecule has 1 saturated heterocycles. The molecule has 0 atom stereocenters. The Bertz CT molecular complexity index is 1130. The van der Waals surface area contributed by atoms with Gasteiger partial charge in [-0.25, -0.2) is 10.9 Å². The molecule has 0 aliphatic carbocycles. The molecule has 11 nitrogen and oxygen atoms in total. The van der Waals surface area contributed by atoms with Crippen molar-refractivity contribution in [1.82, 2.24) is 15.8 Å². The van der Waals surface area contributed by atoms with Gasteiger partial charge in [0.15, 0.2) is 23.0 Å². The standard InChI is InChI=1S/C26H33N5O6/c1-34-21-7-5-18(13-23(21)36-3)15-27-29-25(32)17-31-11-9-20(10-12-31)26(33)30-28-16-19-6-8-22(35-2)24(14-19)37-4/h5-8,13-16,20H,9-12,17H2,1-4H3,(H,29,32)(H,30,33)/b27-15-,28-16+.